The molecular formula is C43H43F3N6O8S2. The highest BCUT2D eigenvalue weighted by atomic mass is 32.2. The molecule has 0 fully saturated rings. The molecule has 1 unspecified atom stereocenters. The van der Waals surface area contributed by atoms with Gasteiger partial charge in [0.1, 0.15) is 28.4 Å². The van der Waals surface area contributed by atoms with Gasteiger partial charge in [-0.2, -0.15) is 13.2 Å². The van der Waals surface area contributed by atoms with E-state index in [9.17, 15) is 47.8 Å². The van der Waals surface area contributed by atoms with Crippen molar-refractivity contribution in [1.82, 2.24) is 19.9 Å². The quantitative estimate of drug-likeness (QED) is 0.0226. The molecule has 14 nitrogen and oxygen atoms in total. The fourth-order valence-corrected chi connectivity index (χ4v) is 7.80. The van der Waals surface area contributed by atoms with Crippen molar-refractivity contribution in [2.45, 2.75) is 88.8 Å². The van der Waals surface area contributed by atoms with Crippen molar-refractivity contribution in [2.24, 2.45) is 0 Å². The van der Waals surface area contributed by atoms with E-state index in [1.165, 1.54) is 48.2 Å². The molecule has 0 saturated heterocycles. The van der Waals surface area contributed by atoms with Crippen LogP contribution in [0.25, 0.3) is 0 Å². The Morgan fingerprint density at radius 2 is 1.27 bits per heavy atom. The van der Waals surface area contributed by atoms with Crippen molar-refractivity contribution in [2.75, 3.05) is 11.5 Å². The monoisotopic (exact) mass is 892 g/mol. The van der Waals surface area contributed by atoms with Crippen molar-refractivity contribution in [3.05, 3.63) is 150 Å². The predicted molar refractivity (Wildman–Crippen MR) is 228 cm³/mol. The first-order chi connectivity index (χ1) is 29.1. The Hall–Kier alpha value is -6.08. The average molecular weight is 893 g/mol. The van der Waals surface area contributed by atoms with Crippen molar-refractivity contribution >= 4 is 52.4 Å². The normalized spacial score (nSPS) is 11.8. The number of alkyl halides is 3. The molecule has 1 atom stereocenters. The molecule has 4 aromatic heterocycles. The summed E-state index contributed by atoms with van der Waals surface area (Å²) in [6, 6.07) is 14.7. The number of rotatable bonds is 16. The van der Waals surface area contributed by atoms with E-state index >= 15 is 0 Å². The number of hydrogen-bond acceptors (Lipinski definition) is 14. The van der Waals surface area contributed by atoms with E-state index in [0.29, 0.717) is 45.5 Å². The topological polar surface area (TPSA) is 198 Å². The second-order valence-corrected chi connectivity index (χ2v) is 17.1. The van der Waals surface area contributed by atoms with Crippen molar-refractivity contribution < 1.29 is 42.1 Å². The number of aromatic nitrogens is 4. The summed E-state index contributed by atoms with van der Waals surface area (Å²) in [5.41, 5.74) is -0.716. The first kappa shape index (κ1) is 48.6. The number of ether oxygens (including phenoxy) is 1. The molecule has 0 radical (unpaired) electrons. The summed E-state index contributed by atoms with van der Waals surface area (Å²) < 4.78 is 44.0. The molecule has 0 saturated carbocycles. The van der Waals surface area contributed by atoms with Crippen LogP contribution >= 0.6 is 23.5 Å². The molecule has 0 aliphatic rings. The van der Waals surface area contributed by atoms with Crippen LogP contribution in [-0.2, 0) is 28.5 Å². The summed E-state index contributed by atoms with van der Waals surface area (Å²) >= 11 is 2.79. The Labute approximate surface area is 363 Å². The maximum atomic E-state index is 13.9. The van der Waals surface area contributed by atoms with E-state index in [1.807, 2.05) is 64.1 Å². The summed E-state index contributed by atoms with van der Waals surface area (Å²) in [5.74, 6) is -2.43. The largest absolute Gasteiger partial charge is 0.458 e. The Bertz CT molecular complexity index is 2470. The number of aryl methyl sites for hydroxylation is 3. The van der Waals surface area contributed by atoms with E-state index in [1.54, 1.807) is 26.8 Å². The molecule has 5 rings (SSSR count). The summed E-state index contributed by atoms with van der Waals surface area (Å²) in [6.07, 6.45) is 0.0253. The number of carbonyl (C=O) groups excluding carboxylic acids is 3. The number of ketones is 2. The van der Waals surface area contributed by atoms with Crippen molar-refractivity contribution in [3.63, 3.8) is 0 Å². The van der Waals surface area contributed by atoms with Crippen LogP contribution in [0, 0.1) is 41.0 Å². The van der Waals surface area contributed by atoms with Gasteiger partial charge in [0.25, 0.3) is 11.4 Å². The number of pyridine rings is 4. The molecule has 0 aliphatic heterocycles. The van der Waals surface area contributed by atoms with E-state index in [0.717, 1.165) is 16.7 Å². The zero-order valence-electron chi connectivity index (χ0n) is 34.8. The van der Waals surface area contributed by atoms with E-state index in [-0.39, 0.29) is 22.8 Å². The number of nitrogens with zero attached hydrogens (tertiary/aromatic N) is 6. The van der Waals surface area contributed by atoms with Gasteiger partial charge in [-0.3, -0.25) is 54.5 Å². The van der Waals surface area contributed by atoms with Gasteiger partial charge in [-0.05, 0) is 80.5 Å². The third-order valence-electron chi connectivity index (χ3n) is 8.73. The van der Waals surface area contributed by atoms with Crippen LogP contribution in [0.15, 0.2) is 89.2 Å². The number of Topliss-reactive ketones (excluding diaryl/α,β-unsaturated/α-hetero) is 2. The number of carbonyl (C=O) groups is 3. The molecule has 5 aromatic rings. The fraction of sp³-hybridized carbons (Fsp3) is 0.326. The van der Waals surface area contributed by atoms with Gasteiger partial charge in [0.2, 0.25) is 5.78 Å². The lowest BCUT2D eigenvalue weighted by atomic mass is 9.93. The van der Waals surface area contributed by atoms with Gasteiger partial charge >= 0.3 is 12.1 Å². The molecule has 0 spiro atoms. The van der Waals surface area contributed by atoms with Gasteiger partial charge in [-0.25, -0.2) is 0 Å². The summed E-state index contributed by atoms with van der Waals surface area (Å²) in [5, 5.41) is 23.0. The van der Waals surface area contributed by atoms with Crippen LogP contribution in [-0.4, -0.2) is 64.4 Å². The number of thioether (sulfide) groups is 2. The minimum Gasteiger partial charge on any atom is -0.458 e. The van der Waals surface area contributed by atoms with Gasteiger partial charge in [0.15, 0.2) is 11.7 Å². The number of hydrogen-bond donors (Lipinski definition) is 0. The van der Waals surface area contributed by atoms with Crippen LogP contribution in [0.3, 0.4) is 0 Å². The second kappa shape index (κ2) is 21.1. The molecule has 62 heavy (non-hydrogen) atoms. The zero-order valence-corrected chi connectivity index (χ0v) is 36.4. The molecule has 0 amide bonds. The van der Waals surface area contributed by atoms with E-state index < -0.39 is 68.4 Å². The Balaban J connectivity index is 0.000000287. The standard InChI is InChI=1S/C27H29N3O5S.C16H14F3N3O3S/c1-6-36-21-13-18(3)16-29-24(21)25(31)22(23-20(30(33)34)12-17(2)15-28-23)26(32)35-27(4,5)14-19-10-8-7-9-11-19;1-3-26-14-4-9(2)7-21-15(14)13(23)6-11-12(22(24)25)5-10(8-20-11)16(17,18)19/h7-13,15-16,22H,6,14H2,1-5H3;4-5,7-8H,3,6H2,1-2H3. The van der Waals surface area contributed by atoms with Crippen LogP contribution in [0.5, 0.6) is 0 Å². The highest BCUT2D eigenvalue weighted by molar-refractivity contribution is 7.99. The van der Waals surface area contributed by atoms with Crippen LogP contribution in [0.2, 0.25) is 0 Å². The highest BCUT2D eigenvalue weighted by Gasteiger charge is 2.41. The Kier molecular flexibility index (Phi) is 16.6. The molecule has 0 aliphatic carbocycles. The van der Waals surface area contributed by atoms with Gasteiger partial charge in [-0.1, -0.05) is 44.2 Å². The molecular weight excluding hydrogens is 850 g/mol. The van der Waals surface area contributed by atoms with Crippen molar-refractivity contribution in [1.29, 1.82) is 0 Å². The van der Waals surface area contributed by atoms with E-state index in [4.69, 9.17) is 4.74 Å². The first-order valence-electron chi connectivity index (χ1n) is 19.0. The van der Waals surface area contributed by atoms with Crippen LogP contribution in [0.4, 0.5) is 24.5 Å². The molecule has 0 N–H and O–H groups in total. The molecule has 0 bridgehead atoms. The smallest absolute Gasteiger partial charge is 0.418 e. The van der Waals surface area contributed by atoms with Gasteiger partial charge in [0.05, 0.1) is 21.8 Å². The maximum absolute atomic E-state index is 13.9. The van der Waals surface area contributed by atoms with Crippen molar-refractivity contribution in [3.8, 4) is 0 Å². The summed E-state index contributed by atoms with van der Waals surface area (Å²) in [6.45, 7) is 12.6. The van der Waals surface area contributed by atoms with E-state index in [2.05, 4.69) is 19.9 Å². The van der Waals surface area contributed by atoms with Crippen LogP contribution < -0.4 is 0 Å². The Morgan fingerprint density at radius 1 is 0.742 bits per heavy atom. The number of nitro groups is 2. The fourth-order valence-electron chi connectivity index (χ4n) is 6.04. The van der Waals surface area contributed by atoms with Gasteiger partial charge < -0.3 is 4.74 Å². The molecule has 19 heteroatoms. The first-order valence-corrected chi connectivity index (χ1v) is 21.0. The highest BCUT2D eigenvalue weighted by Crippen LogP contribution is 2.35. The Morgan fingerprint density at radius 3 is 1.82 bits per heavy atom. The SMILES string of the molecule is CCSc1cc(C)cnc1C(=O)C(C(=O)OC(C)(C)Cc1ccccc1)c1ncc(C)cc1[N+](=O)[O-].CCSc1cc(C)cnc1C(=O)Cc1ncc(C(F)(F)F)cc1[N+](=O)[O-]. The third-order valence-corrected chi connectivity index (χ3v) is 10.5. The minimum atomic E-state index is -4.76. The number of halogens is 3. The number of benzene rings is 1. The average Bonchev–Trinajstić information content (AvgIpc) is 3.18. The van der Waals surface area contributed by atoms with Gasteiger partial charge in [0, 0.05) is 53.1 Å². The third kappa shape index (κ3) is 13.0. The predicted octanol–water partition coefficient (Wildman–Crippen LogP) is 9.89. The molecule has 4 heterocycles. The minimum absolute atomic E-state index is 0.0620. The lowest BCUT2D eigenvalue weighted by Gasteiger charge is -2.27. The summed E-state index contributed by atoms with van der Waals surface area (Å²) in [4.78, 5) is 78.6. The second-order valence-electron chi connectivity index (χ2n) is 14.4. The molecule has 1 aromatic carbocycles. The summed E-state index contributed by atoms with van der Waals surface area (Å²) in [7, 11) is 0. The lowest BCUT2D eigenvalue weighted by Crippen LogP contribution is -2.36. The lowest BCUT2D eigenvalue weighted by molar-refractivity contribution is -0.386. The van der Waals surface area contributed by atoms with Gasteiger partial charge in [-0.15, -0.1) is 23.5 Å². The van der Waals surface area contributed by atoms with Crippen LogP contribution in [0.1, 0.15) is 93.8 Å². The molecule has 326 valence electrons. The maximum Gasteiger partial charge on any atom is 0.418 e. The zero-order chi connectivity index (χ0) is 45.9. The number of esters is 1.